The summed E-state index contributed by atoms with van der Waals surface area (Å²) >= 11 is 6.39. The molecule has 0 fully saturated rings. The molecule has 0 radical (unpaired) electrons. The molecule has 0 saturated carbocycles. The Morgan fingerprint density at radius 3 is 2.66 bits per heavy atom. The van der Waals surface area contributed by atoms with Gasteiger partial charge in [-0.15, -0.1) is 0 Å². The van der Waals surface area contributed by atoms with Crippen molar-refractivity contribution in [3.05, 3.63) is 106 Å². The molecule has 1 amide bonds. The highest BCUT2D eigenvalue weighted by atomic mass is 35.5. The van der Waals surface area contributed by atoms with Gasteiger partial charge in [0.15, 0.2) is 5.76 Å². The maximum absolute atomic E-state index is 12.5. The van der Waals surface area contributed by atoms with Gasteiger partial charge in [0.05, 0.1) is 6.21 Å². The Balaban J connectivity index is 1.44. The van der Waals surface area contributed by atoms with E-state index in [1.165, 1.54) is 0 Å². The maximum Gasteiger partial charge on any atom is 0.307 e. The number of amides is 1. The molecular weight excluding hydrogens is 422 g/mol. The lowest BCUT2D eigenvalue weighted by molar-refractivity contribution is 0.0929. The number of para-hydroxylation sites is 2. The first-order chi connectivity index (χ1) is 15.6. The number of hydrogen-bond acceptors (Lipinski definition) is 3. The van der Waals surface area contributed by atoms with E-state index in [1.54, 1.807) is 12.3 Å². The smallest absolute Gasteiger partial charge is 0.307 e. The van der Waals surface area contributed by atoms with Crippen molar-refractivity contribution in [2.75, 3.05) is 0 Å². The molecule has 3 aromatic carbocycles. The molecule has 2 heterocycles. The summed E-state index contributed by atoms with van der Waals surface area (Å²) < 4.78 is 7.81. The van der Waals surface area contributed by atoms with Crippen LogP contribution in [0.3, 0.4) is 0 Å². The third kappa shape index (κ3) is 3.67. The first-order valence-electron chi connectivity index (χ1n) is 10.2. The van der Waals surface area contributed by atoms with Gasteiger partial charge in [0, 0.05) is 39.1 Å². The fourth-order valence-corrected chi connectivity index (χ4v) is 4.12. The second-order valence-electron chi connectivity index (χ2n) is 7.54. The van der Waals surface area contributed by atoms with Crippen LogP contribution in [-0.2, 0) is 6.54 Å². The first kappa shape index (κ1) is 20.1. The number of hydrogen-bond donors (Lipinski definition) is 1. The van der Waals surface area contributed by atoms with Crippen LogP contribution in [0.1, 0.15) is 27.4 Å². The lowest BCUT2D eigenvalue weighted by Gasteiger charge is -2.10. The minimum atomic E-state index is -0.394. The molecule has 5 aromatic rings. The fourth-order valence-electron chi connectivity index (χ4n) is 3.93. The third-order valence-electron chi connectivity index (χ3n) is 5.58. The van der Waals surface area contributed by atoms with Crippen LogP contribution in [0.2, 0.25) is 5.02 Å². The minimum Gasteiger partial charge on any atom is -0.451 e. The topological polar surface area (TPSA) is 59.5 Å². The van der Waals surface area contributed by atoms with Crippen LogP contribution < -0.4 is 5.43 Å². The van der Waals surface area contributed by atoms with Crippen LogP contribution in [0.5, 0.6) is 0 Å². The number of furan rings is 1. The van der Waals surface area contributed by atoms with Gasteiger partial charge in [-0.1, -0.05) is 66.2 Å². The minimum absolute atomic E-state index is 0.223. The Hall–Kier alpha value is -3.83. The molecule has 5 rings (SSSR count). The summed E-state index contributed by atoms with van der Waals surface area (Å²) in [5, 5.41) is 6.88. The summed E-state index contributed by atoms with van der Waals surface area (Å²) in [5.74, 6) is -0.170. The molecule has 2 aromatic heterocycles. The van der Waals surface area contributed by atoms with Crippen LogP contribution in [0.15, 0.2) is 88.4 Å². The van der Waals surface area contributed by atoms with E-state index in [4.69, 9.17) is 16.0 Å². The van der Waals surface area contributed by atoms with E-state index in [0.29, 0.717) is 12.1 Å². The number of fused-ring (bicyclic) bond motifs is 2. The van der Waals surface area contributed by atoms with Gasteiger partial charge in [-0.25, -0.2) is 5.43 Å². The molecule has 0 atom stereocenters. The fraction of sp³-hybridized carbons (Fsp3) is 0.0769. The quantitative estimate of drug-likeness (QED) is 0.262. The number of halogens is 1. The van der Waals surface area contributed by atoms with Crippen molar-refractivity contribution >= 4 is 45.6 Å². The second-order valence-corrected chi connectivity index (χ2v) is 7.95. The SMILES string of the molecule is Cc1c(/C=N/NC(=O)c2cc3ccccc3o2)c2ccccc2n1Cc1ccccc1Cl. The molecule has 158 valence electrons. The zero-order valence-corrected chi connectivity index (χ0v) is 18.1. The number of nitrogens with zero attached hydrogens (tertiary/aromatic N) is 2. The van der Waals surface area contributed by atoms with E-state index in [1.807, 2.05) is 73.7 Å². The monoisotopic (exact) mass is 441 g/mol. The van der Waals surface area contributed by atoms with E-state index >= 15 is 0 Å². The molecule has 0 saturated heterocycles. The molecule has 1 N–H and O–H groups in total. The van der Waals surface area contributed by atoms with Crippen molar-refractivity contribution in [3.8, 4) is 0 Å². The Bertz CT molecular complexity index is 1450. The third-order valence-corrected chi connectivity index (χ3v) is 5.94. The van der Waals surface area contributed by atoms with Crippen LogP contribution in [0.4, 0.5) is 0 Å². The van der Waals surface area contributed by atoms with Gasteiger partial charge in [-0.3, -0.25) is 4.79 Å². The highest BCUT2D eigenvalue weighted by molar-refractivity contribution is 6.31. The Kier molecular flexibility index (Phi) is 5.25. The second kappa shape index (κ2) is 8.36. The lowest BCUT2D eigenvalue weighted by Crippen LogP contribution is -2.16. The van der Waals surface area contributed by atoms with Gasteiger partial charge in [-0.2, -0.15) is 5.10 Å². The van der Waals surface area contributed by atoms with E-state index < -0.39 is 5.91 Å². The summed E-state index contributed by atoms with van der Waals surface area (Å²) in [7, 11) is 0. The number of carbonyl (C=O) groups is 1. The van der Waals surface area contributed by atoms with Crippen LogP contribution in [0, 0.1) is 6.92 Å². The van der Waals surface area contributed by atoms with Crippen molar-refractivity contribution in [1.82, 2.24) is 9.99 Å². The number of rotatable bonds is 5. The number of aromatic nitrogens is 1. The average molecular weight is 442 g/mol. The summed E-state index contributed by atoms with van der Waals surface area (Å²) in [6.45, 7) is 2.68. The van der Waals surface area contributed by atoms with Crippen LogP contribution >= 0.6 is 11.6 Å². The van der Waals surface area contributed by atoms with Gasteiger partial charge < -0.3 is 8.98 Å². The Morgan fingerprint density at radius 2 is 1.81 bits per heavy atom. The largest absolute Gasteiger partial charge is 0.451 e. The van der Waals surface area contributed by atoms with E-state index in [2.05, 4.69) is 21.2 Å². The van der Waals surface area contributed by atoms with Crippen molar-refractivity contribution in [3.63, 3.8) is 0 Å². The summed E-state index contributed by atoms with van der Waals surface area (Å²) in [6.07, 6.45) is 1.68. The normalized spacial score (nSPS) is 11.6. The lowest BCUT2D eigenvalue weighted by atomic mass is 10.1. The molecular formula is C26H20ClN3O2. The van der Waals surface area contributed by atoms with E-state index in [9.17, 15) is 4.79 Å². The Labute approximate surface area is 189 Å². The first-order valence-corrected chi connectivity index (χ1v) is 10.6. The maximum atomic E-state index is 12.5. The Morgan fingerprint density at radius 1 is 1.06 bits per heavy atom. The van der Waals surface area contributed by atoms with Crippen molar-refractivity contribution in [1.29, 1.82) is 0 Å². The molecule has 0 aliphatic heterocycles. The zero-order valence-electron chi connectivity index (χ0n) is 17.4. The van der Waals surface area contributed by atoms with Crippen molar-refractivity contribution < 1.29 is 9.21 Å². The van der Waals surface area contributed by atoms with Crippen molar-refractivity contribution in [2.24, 2.45) is 5.10 Å². The highest BCUT2D eigenvalue weighted by Crippen LogP contribution is 2.27. The number of benzene rings is 3. The molecule has 6 heteroatoms. The van der Waals surface area contributed by atoms with Gasteiger partial charge in [0.25, 0.3) is 0 Å². The molecule has 0 aliphatic rings. The number of nitrogens with one attached hydrogen (secondary N) is 1. The summed E-state index contributed by atoms with van der Waals surface area (Å²) in [4.78, 5) is 12.5. The molecule has 0 aliphatic carbocycles. The molecule has 0 unspecified atom stereocenters. The van der Waals surface area contributed by atoms with Gasteiger partial charge in [0.1, 0.15) is 5.58 Å². The summed E-state index contributed by atoms with van der Waals surface area (Å²) in [6, 6.07) is 25.2. The van der Waals surface area contributed by atoms with Gasteiger partial charge in [0.2, 0.25) is 0 Å². The number of hydrazone groups is 1. The molecule has 5 nitrogen and oxygen atoms in total. The standard InChI is InChI=1S/C26H20ClN3O2/c1-17-21(15-28-29-26(31)25-14-18-8-3-7-13-24(18)32-25)20-10-4-6-12-23(20)30(17)16-19-9-2-5-11-22(19)27/h2-15H,16H2,1H3,(H,29,31)/b28-15+. The highest BCUT2D eigenvalue weighted by Gasteiger charge is 2.15. The van der Waals surface area contributed by atoms with Gasteiger partial charge in [-0.05, 0) is 36.8 Å². The van der Waals surface area contributed by atoms with Gasteiger partial charge >= 0.3 is 5.91 Å². The van der Waals surface area contributed by atoms with E-state index in [0.717, 1.165) is 38.1 Å². The molecule has 32 heavy (non-hydrogen) atoms. The average Bonchev–Trinajstić information content (AvgIpc) is 3.36. The summed E-state index contributed by atoms with van der Waals surface area (Å²) in [5.41, 5.74) is 7.34. The van der Waals surface area contributed by atoms with Crippen LogP contribution in [-0.4, -0.2) is 16.7 Å². The van der Waals surface area contributed by atoms with Crippen molar-refractivity contribution in [2.45, 2.75) is 13.5 Å². The van der Waals surface area contributed by atoms with Crippen LogP contribution in [0.25, 0.3) is 21.9 Å². The zero-order chi connectivity index (χ0) is 22.1. The molecule has 0 bridgehead atoms. The van der Waals surface area contributed by atoms with E-state index in [-0.39, 0.29) is 5.76 Å². The predicted molar refractivity (Wildman–Crippen MR) is 129 cm³/mol. The molecule has 0 spiro atoms. The number of carbonyl (C=O) groups excluding carboxylic acids is 1. The predicted octanol–water partition coefficient (Wildman–Crippen LogP) is 6.16.